The highest BCUT2D eigenvalue weighted by atomic mass is 16.2. The molecular weight excluding hydrogens is 544 g/mol. The molecule has 7 rings (SSSR count). The van der Waals surface area contributed by atoms with Crippen molar-refractivity contribution in [2.75, 3.05) is 38.6 Å². The highest BCUT2D eigenvalue weighted by molar-refractivity contribution is 6.27. The lowest BCUT2D eigenvalue weighted by Crippen LogP contribution is -2.54. The van der Waals surface area contributed by atoms with E-state index >= 15 is 0 Å². The predicted octanol–water partition coefficient (Wildman–Crippen LogP) is 3.29. The number of anilines is 1. The Balaban J connectivity index is 1.06. The van der Waals surface area contributed by atoms with Crippen molar-refractivity contribution in [1.29, 1.82) is 0 Å². The Hall–Kier alpha value is -4.05. The van der Waals surface area contributed by atoms with E-state index in [0.29, 0.717) is 24.3 Å². The van der Waals surface area contributed by atoms with Crippen molar-refractivity contribution in [3.8, 4) is 0 Å². The Morgan fingerprint density at radius 1 is 1.07 bits per heavy atom. The molecule has 1 atom stereocenters. The van der Waals surface area contributed by atoms with E-state index in [-0.39, 0.29) is 29.7 Å². The maximum atomic E-state index is 13.5. The lowest BCUT2D eigenvalue weighted by molar-refractivity contribution is -0.150. The molecule has 10 heteroatoms. The largest absolute Gasteiger partial charge is 0.342 e. The van der Waals surface area contributed by atoms with E-state index in [1.54, 1.807) is 4.90 Å². The summed E-state index contributed by atoms with van der Waals surface area (Å²) in [6, 6.07) is 9.26. The van der Waals surface area contributed by atoms with Crippen LogP contribution in [0.15, 0.2) is 42.7 Å². The number of carbonyl (C=O) groups excluding carboxylic acids is 4. The summed E-state index contributed by atoms with van der Waals surface area (Å²) in [6.45, 7) is 2.36. The van der Waals surface area contributed by atoms with Gasteiger partial charge in [0.1, 0.15) is 6.04 Å². The first-order valence-corrected chi connectivity index (χ1v) is 15.4. The van der Waals surface area contributed by atoms with Crippen LogP contribution < -0.4 is 10.2 Å². The van der Waals surface area contributed by atoms with Crippen molar-refractivity contribution in [3.05, 3.63) is 59.4 Å². The predicted molar refractivity (Wildman–Crippen MR) is 162 cm³/mol. The minimum Gasteiger partial charge on any atom is -0.342 e. The van der Waals surface area contributed by atoms with E-state index in [1.165, 1.54) is 0 Å². The molecule has 1 saturated carbocycles. The van der Waals surface area contributed by atoms with Crippen LogP contribution in [0, 0.1) is 5.41 Å². The lowest BCUT2D eigenvalue weighted by Gasteiger charge is -2.46. The molecule has 43 heavy (non-hydrogen) atoms. The third-order valence-corrected chi connectivity index (χ3v) is 9.90. The van der Waals surface area contributed by atoms with Crippen molar-refractivity contribution in [1.82, 2.24) is 24.9 Å². The number of carbonyl (C=O) groups is 4. The van der Waals surface area contributed by atoms with Crippen molar-refractivity contribution >= 4 is 40.1 Å². The van der Waals surface area contributed by atoms with Crippen LogP contribution in [0.2, 0.25) is 0 Å². The van der Waals surface area contributed by atoms with Gasteiger partial charge >= 0.3 is 0 Å². The molecule has 0 radical (unpaired) electrons. The fourth-order valence-electron chi connectivity index (χ4n) is 7.66. The summed E-state index contributed by atoms with van der Waals surface area (Å²) >= 11 is 0. The number of likely N-dealkylation sites (tertiary alicyclic amines) is 1. The molecular formula is C33H38N6O4. The number of aromatic nitrogens is 2. The molecule has 0 spiro atoms. The van der Waals surface area contributed by atoms with Crippen LogP contribution in [-0.4, -0.2) is 83.0 Å². The molecule has 2 saturated heterocycles. The molecule has 1 N–H and O–H groups in total. The molecule has 0 bridgehead atoms. The van der Waals surface area contributed by atoms with E-state index in [4.69, 9.17) is 5.10 Å². The number of imide groups is 1. The van der Waals surface area contributed by atoms with E-state index in [2.05, 4.69) is 26.0 Å². The normalized spacial score (nSPS) is 21.9. The van der Waals surface area contributed by atoms with Gasteiger partial charge in [0.2, 0.25) is 17.7 Å². The third-order valence-electron chi connectivity index (χ3n) is 9.90. The summed E-state index contributed by atoms with van der Waals surface area (Å²) in [5.74, 6) is -0.593. The quantitative estimate of drug-likeness (QED) is 0.429. The highest BCUT2D eigenvalue weighted by Gasteiger charge is 2.47. The number of amides is 4. The molecule has 1 aromatic heterocycles. The molecule has 4 aliphatic rings. The molecule has 10 nitrogen and oxygen atoms in total. The van der Waals surface area contributed by atoms with Crippen molar-refractivity contribution < 1.29 is 19.2 Å². The minimum absolute atomic E-state index is 0.196. The molecule has 4 amide bonds. The molecule has 3 aromatic rings. The summed E-state index contributed by atoms with van der Waals surface area (Å²) in [6.07, 6.45) is 10.1. The number of nitrogens with one attached hydrogen (secondary N) is 1. The number of rotatable bonds is 7. The van der Waals surface area contributed by atoms with Crippen molar-refractivity contribution in [2.45, 2.75) is 63.5 Å². The first-order chi connectivity index (χ1) is 20.7. The molecule has 1 unspecified atom stereocenters. The molecule has 4 heterocycles. The fraction of sp³-hybridized carbons (Fsp3) is 0.485. The van der Waals surface area contributed by atoms with E-state index in [1.807, 2.05) is 50.6 Å². The van der Waals surface area contributed by atoms with Gasteiger partial charge in [-0.15, -0.1) is 0 Å². The summed E-state index contributed by atoms with van der Waals surface area (Å²) in [5.41, 5.74) is 3.29. The second kappa shape index (κ2) is 10.6. The lowest BCUT2D eigenvalue weighted by atomic mass is 9.67. The van der Waals surface area contributed by atoms with Crippen molar-refractivity contribution in [2.24, 2.45) is 5.41 Å². The van der Waals surface area contributed by atoms with Crippen LogP contribution in [0.25, 0.3) is 10.8 Å². The summed E-state index contributed by atoms with van der Waals surface area (Å²) in [5, 5.41) is 8.95. The third kappa shape index (κ3) is 4.72. The van der Waals surface area contributed by atoms with Crippen LogP contribution in [0.1, 0.15) is 72.5 Å². The minimum atomic E-state index is -0.696. The number of piperidine rings is 2. The second-order valence-corrected chi connectivity index (χ2v) is 13.0. The first-order valence-electron chi connectivity index (χ1n) is 15.4. The first kappa shape index (κ1) is 27.8. The Kier molecular flexibility index (Phi) is 6.84. The highest BCUT2D eigenvalue weighted by Crippen LogP contribution is 2.44. The fourth-order valence-corrected chi connectivity index (χ4v) is 7.66. The molecule has 3 aliphatic heterocycles. The van der Waals surface area contributed by atoms with Crippen LogP contribution in [-0.2, 0) is 20.8 Å². The van der Waals surface area contributed by atoms with Crippen LogP contribution >= 0.6 is 0 Å². The maximum absolute atomic E-state index is 13.5. The molecule has 2 aromatic carbocycles. The maximum Gasteiger partial charge on any atom is 0.259 e. The van der Waals surface area contributed by atoms with E-state index in [0.717, 1.165) is 79.3 Å². The van der Waals surface area contributed by atoms with Gasteiger partial charge in [-0.05, 0) is 74.8 Å². The van der Waals surface area contributed by atoms with Gasteiger partial charge in [-0.3, -0.25) is 34.1 Å². The smallest absolute Gasteiger partial charge is 0.259 e. The topological polar surface area (TPSA) is 108 Å². The van der Waals surface area contributed by atoms with Gasteiger partial charge in [0.05, 0.1) is 23.3 Å². The van der Waals surface area contributed by atoms with Gasteiger partial charge < -0.3 is 9.80 Å². The van der Waals surface area contributed by atoms with Gasteiger partial charge in [0.15, 0.2) is 0 Å². The zero-order valence-electron chi connectivity index (χ0n) is 24.8. The van der Waals surface area contributed by atoms with Gasteiger partial charge in [-0.2, -0.15) is 5.10 Å². The van der Waals surface area contributed by atoms with Gasteiger partial charge in [0, 0.05) is 49.6 Å². The average Bonchev–Trinajstić information content (AvgIpc) is 3.55. The van der Waals surface area contributed by atoms with Gasteiger partial charge in [-0.25, -0.2) is 0 Å². The SMILES string of the molecule is CN(C)CC1(C(=O)N2CCC(n3cc(Cc4ccc5c6c(cccc46)C(=O)N5C4CCC(=O)NC4=O)cn3)CC2)CCC1. The Morgan fingerprint density at radius 3 is 2.56 bits per heavy atom. The van der Waals surface area contributed by atoms with Crippen LogP contribution in [0.5, 0.6) is 0 Å². The monoisotopic (exact) mass is 582 g/mol. The molecule has 1 aliphatic carbocycles. The summed E-state index contributed by atoms with van der Waals surface area (Å²) < 4.78 is 2.06. The average molecular weight is 583 g/mol. The Bertz CT molecular complexity index is 1630. The molecule has 224 valence electrons. The summed E-state index contributed by atoms with van der Waals surface area (Å²) in [7, 11) is 4.10. The standard InChI is InChI=1S/C33H38N6O4/c1-36(2)20-33(13-4-14-33)32(43)37-15-11-23(12-16-37)38-19-21(18-34-38)17-22-7-8-26-29-24(22)5-3-6-25(29)31(42)39(26)27-9-10-28(40)35-30(27)41/h3,5-8,18-19,23,27H,4,9-17,20H2,1-2H3,(H,35,40,41). The molecule has 3 fully saturated rings. The van der Waals surface area contributed by atoms with E-state index < -0.39 is 11.9 Å². The van der Waals surface area contributed by atoms with Crippen molar-refractivity contribution in [3.63, 3.8) is 0 Å². The zero-order chi connectivity index (χ0) is 29.9. The Labute approximate surface area is 251 Å². The number of hydrogen-bond donors (Lipinski definition) is 1. The second-order valence-electron chi connectivity index (χ2n) is 13.0. The van der Waals surface area contributed by atoms with Gasteiger partial charge in [-0.1, -0.05) is 24.6 Å². The van der Waals surface area contributed by atoms with Crippen LogP contribution in [0.4, 0.5) is 5.69 Å². The Morgan fingerprint density at radius 2 is 1.86 bits per heavy atom. The van der Waals surface area contributed by atoms with E-state index in [9.17, 15) is 19.2 Å². The summed E-state index contributed by atoms with van der Waals surface area (Å²) in [4.78, 5) is 57.0. The number of benzene rings is 2. The number of hydrogen-bond acceptors (Lipinski definition) is 6. The van der Waals surface area contributed by atoms with Gasteiger partial charge in [0.25, 0.3) is 5.91 Å². The number of nitrogens with zero attached hydrogens (tertiary/aromatic N) is 5. The zero-order valence-corrected chi connectivity index (χ0v) is 24.8. The van der Waals surface area contributed by atoms with Crippen LogP contribution in [0.3, 0.4) is 0 Å².